The standard InChI is InChI=1S/C13H24F3NO3/c1-9(2)17-12(4,11(18)19)8-10(3)20-7-5-6-13(14,15)16/h9-10,17H,5-8H2,1-4H3,(H,18,19). The Morgan fingerprint density at radius 1 is 1.30 bits per heavy atom. The highest BCUT2D eigenvalue weighted by Gasteiger charge is 2.35. The van der Waals surface area contributed by atoms with Gasteiger partial charge >= 0.3 is 12.1 Å². The molecular formula is C13H24F3NO3. The number of carboxylic acid groups (broad SMARTS) is 1. The molecule has 0 saturated carbocycles. The van der Waals surface area contributed by atoms with E-state index in [1.54, 1.807) is 13.8 Å². The van der Waals surface area contributed by atoms with Gasteiger partial charge in [-0.2, -0.15) is 13.2 Å². The van der Waals surface area contributed by atoms with Crippen molar-refractivity contribution in [2.45, 2.75) is 70.8 Å². The zero-order valence-electron chi connectivity index (χ0n) is 12.4. The number of halogens is 3. The fourth-order valence-electron chi connectivity index (χ4n) is 2.04. The molecule has 0 bridgehead atoms. The lowest BCUT2D eigenvalue weighted by atomic mass is 9.94. The molecule has 0 saturated heterocycles. The van der Waals surface area contributed by atoms with Gasteiger partial charge in [0, 0.05) is 25.5 Å². The van der Waals surface area contributed by atoms with Crippen LogP contribution >= 0.6 is 0 Å². The van der Waals surface area contributed by atoms with Crippen molar-refractivity contribution < 1.29 is 27.8 Å². The second-order valence-corrected chi connectivity index (χ2v) is 5.54. The zero-order valence-corrected chi connectivity index (χ0v) is 12.4. The van der Waals surface area contributed by atoms with Crippen LogP contribution in [0.3, 0.4) is 0 Å². The van der Waals surface area contributed by atoms with Gasteiger partial charge in [-0.05, 0) is 34.1 Å². The number of ether oxygens (including phenoxy) is 1. The molecular weight excluding hydrogens is 275 g/mol. The first-order valence-corrected chi connectivity index (χ1v) is 6.66. The van der Waals surface area contributed by atoms with E-state index in [1.807, 2.05) is 13.8 Å². The van der Waals surface area contributed by atoms with E-state index in [0.29, 0.717) is 0 Å². The molecule has 120 valence electrons. The molecule has 7 heteroatoms. The Balaban J connectivity index is 4.21. The van der Waals surface area contributed by atoms with Crippen molar-refractivity contribution in [3.63, 3.8) is 0 Å². The highest BCUT2D eigenvalue weighted by Crippen LogP contribution is 2.22. The summed E-state index contributed by atoms with van der Waals surface area (Å²) >= 11 is 0. The van der Waals surface area contributed by atoms with Crippen LogP contribution in [0.15, 0.2) is 0 Å². The third kappa shape index (κ3) is 8.37. The number of aliphatic carboxylic acids is 1. The highest BCUT2D eigenvalue weighted by molar-refractivity contribution is 5.78. The quantitative estimate of drug-likeness (QED) is 0.643. The van der Waals surface area contributed by atoms with Crippen LogP contribution < -0.4 is 5.32 Å². The summed E-state index contributed by atoms with van der Waals surface area (Å²) in [6, 6.07) is -0.0199. The van der Waals surface area contributed by atoms with Crippen molar-refractivity contribution in [2.75, 3.05) is 6.61 Å². The van der Waals surface area contributed by atoms with Crippen LogP contribution in [0.4, 0.5) is 13.2 Å². The molecule has 0 aromatic rings. The molecule has 4 nitrogen and oxygen atoms in total. The third-order valence-electron chi connectivity index (χ3n) is 2.78. The molecule has 0 aromatic carbocycles. The van der Waals surface area contributed by atoms with Gasteiger partial charge in [0.15, 0.2) is 0 Å². The lowest BCUT2D eigenvalue weighted by Gasteiger charge is -2.31. The largest absolute Gasteiger partial charge is 0.480 e. The topological polar surface area (TPSA) is 58.6 Å². The van der Waals surface area contributed by atoms with E-state index in [4.69, 9.17) is 4.74 Å². The predicted octanol–water partition coefficient (Wildman–Crippen LogP) is 2.97. The van der Waals surface area contributed by atoms with Crippen LogP contribution in [-0.4, -0.2) is 41.5 Å². The SMILES string of the molecule is CC(C)NC(C)(CC(C)OCCCC(F)(F)F)C(=O)O. The zero-order chi connectivity index (χ0) is 16.0. The van der Waals surface area contributed by atoms with Gasteiger partial charge in [0.1, 0.15) is 5.54 Å². The van der Waals surface area contributed by atoms with Crippen molar-refractivity contribution in [3.8, 4) is 0 Å². The predicted molar refractivity (Wildman–Crippen MR) is 69.6 cm³/mol. The van der Waals surface area contributed by atoms with E-state index in [9.17, 15) is 23.1 Å². The molecule has 0 aliphatic heterocycles. The van der Waals surface area contributed by atoms with Gasteiger partial charge in [-0.15, -0.1) is 0 Å². The smallest absolute Gasteiger partial charge is 0.389 e. The van der Waals surface area contributed by atoms with Crippen LogP contribution in [0, 0.1) is 0 Å². The van der Waals surface area contributed by atoms with Crippen molar-refractivity contribution in [2.24, 2.45) is 0 Å². The first kappa shape index (κ1) is 19.2. The minimum absolute atomic E-state index is 0.0199. The number of alkyl halides is 3. The first-order valence-electron chi connectivity index (χ1n) is 6.66. The maximum atomic E-state index is 12.0. The van der Waals surface area contributed by atoms with Gasteiger partial charge in [0.2, 0.25) is 0 Å². The van der Waals surface area contributed by atoms with E-state index < -0.39 is 30.2 Å². The summed E-state index contributed by atoms with van der Waals surface area (Å²) in [5, 5.41) is 12.2. The van der Waals surface area contributed by atoms with E-state index in [0.717, 1.165) is 0 Å². The number of hydrogen-bond acceptors (Lipinski definition) is 3. The Morgan fingerprint density at radius 3 is 2.25 bits per heavy atom. The summed E-state index contributed by atoms with van der Waals surface area (Å²) in [6.07, 6.45) is -5.43. The molecule has 0 radical (unpaired) electrons. The normalized spacial score (nSPS) is 17.0. The molecule has 0 rings (SSSR count). The maximum absolute atomic E-state index is 12.0. The lowest BCUT2D eigenvalue weighted by Crippen LogP contribution is -2.54. The summed E-state index contributed by atoms with van der Waals surface area (Å²) in [4.78, 5) is 11.3. The molecule has 20 heavy (non-hydrogen) atoms. The number of carbonyl (C=O) groups is 1. The average Bonchev–Trinajstić information content (AvgIpc) is 2.21. The monoisotopic (exact) mass is 299 g/mol. The summed E-state index contributed by atoms with van der Waals surface area (Å²) < 4.78 is 41.1. The number of hydrogen-bond donors (Lipinski definition) is 2. The Bertz CT molecular complexity index is 308. The van der Waals surface area contributed by atoms with Crippen molar-refractivity contribution in [1.29, 1.82) is 0 Å². The number of rotatable bonds is 9. The summed E-state index contributed by atoms with van der Waals surface area (Å²) in [7, 11) is 0. The molecule has 0 fully saturated rings. The van der Waals surface area contributed by atoms with Crippen molar-refractivity contribution >= 4 is 5.97 Å². The van der Waals surface area contributed by atoms with Crippen molar-refractivity contribution in [1.82, 2.24) is 5.32 Å². The number of carboxylic acids is 1. The highest BCUT2D eigenvalue weighted by atomic mass is 19.4. The maximum Gasteiger partial charge on any atom is 0.389 e. The molecule has 2 N–H and O–H groups in total. The van der Waals surface area contributed by atoms with Gasteiger partial charge in [-0.25, -0.2) is 0 Å². The lowest BCUT2D eigenvalue weighted by molar-refractivity contribution is -0.146. The molecule has 2 atom stereocenters. The van der Waals surface area contributed by atoms with E-state index in [1.165, 1.54) is 0 Å². The Labute approximate surface area is 117 Å². The molecule has 0 heterocycles. The summed E-state index contributed by atoms with van der Waals surface area (Å²) in [6.45, 7) is 6.84. The van der Waals surface area contributed by atoms with Crippen molar-refractivity contribution in [3.05, 3.63) is 0 Å². The van der Waals surface area contributed by atoms with Crippen LogP contribution in [0.5, 0.6) is 0 Å². The minimum Gasteiger partial charge on any atom is -0.480 e. The van der Waals surface area contributed by atoms with Gasteiger partial charge in [0.05, 0.1) is 6.10 Å². The fourth-order valence-corrected chi connectivity index (χ4v) is 2.04. The first-order chi connectivity index (χ1) is 8.96. The molecule has 0 amide bonds. The second-order valence-electron chi connectivity index (χ2n) is 5.54. The molecule has 0 aromatic heterocycles. The van der Waals surface area contributed by atoms with Gasteiger partial charge in [-0.3, -0.25) is 10.1 Å². The van der Waals surface area contributed by atoms with Gasteiger partial charge in [0.25, 0.3) is 0 Å². The second kappa shape index (κ2) is 7.83. The Hall–Kier alpha value is -0.820. The van der Waals surface area contributed by atoms with Crippen LogP contribution in [-0.2, 0) is 9.53 Å². The van der Waals surface area contributed by atoms with Gasteiger partial charge in [-0.1, -0.05) is 0 Å². The molecule has 0 aliphatic carbocycles. The van der Waals surface area contributed by atoms with E-state index in [2.05, 4.69) is 5.32 Å². The van der Waals surface area contributed by atoms with Gasteiger partial charge < -0.3 is 9.84 Å². The van der Waals surface area contributed by atoms with Crippen LogP contribution in [0.1, 0.15) is 47.0 Å². The molecule has 2 unspecified atom stereocenters. The van der Waals surface area contributed by atoms with E-state index in [-0.39, 0.29) is 25.5 Å². The molecule has 0 spiro atoms. The number of nitrogens with one attached hydrogen (secondary N) is 1. The summed E-state index contributed by atoms with van der Waals surface area (Å²) in [5.41, 5.74) is -1.16. The Morgan fingerprint density at radius 2 is 1.85 bits per heavy atom. The average molecular weight is 299 g/mol. The van der Waals surface area contributed by atoms with E-state index >= 15 is 0 Å². The van der Waals surface area contributed by atoms with Crippen LogP contribution in [0.2, 0.25) is 0 Å². The Kier molecular flexibility index (Phi) is 7.51. The fraction of sp³-hybridized carbons (Fsp3) is 0.923. The minimum atomic E-state index is -4.18. The third-order valence-corrected chi connectivity index (χ3v) is 2.78. The van der Waals surface area contributed by atoms with Crippen LogP contribution in [0.25, 0.3) is 0 Å². The molecule has 0 aliphatic rings. The summed E-state index contributed by atoms with van der Waals surface area (Å²) in [5.74, 6) is -1.00.